The van der Waals surface area contributed by atoms with Crippen LogP contribution in [0.3, 0.4) is 0 Å². The first-order chi connectivity index (χ1) is 5.12. The monoisotopic (exact) mass is 162 g/mol. The van der Waals surface area contributed by atoms with Gasteiger partial charge in [-0.05, 0) is 20.8 Å². The first kappa shape index (κ1) is 10.9. The predicted octanol–water partition coefficient (Wildman–Crippen LogP) is 0.810. The van der Waals surface area contributed by atoms with Gasteiger partial charge < -0.3 is 14.6 Å². The van der Waals surface area contributed by atoms with E-state index in [0.717, 1.165) is 0 Å². The van der Waals surface area contributed by atoms with E-state index in [2.05, 4.69) is 0 Å². The van der Waals surface area contributed by atoms with Crippen molar-refractivity contribution >= 4 is 0 Å². The second-order valence-corrected chi connectivity index (χ2v) is 2.97. The zero-order valence-electron chi connectivity index (χ0n) is 7.59. The minimum atomic E-state index is -0.279. The van der Waals surface area contributed by atoms with Crippen molar-refractivity contribution in [2.75, 3.05) is 26.4 Å². The van der Waals surface area contributed by atoms with E-state index in [9.17, 15) is 0 Å². The molecule has 3 heteroatoms. The van der Waals surface area contributed by atoms with Gasteiger partial charge in [0, 0.05) is 6.61 Å². The molecule has 0 amide bonds. The highest BCUT2D eigenvalue weighted by atomic mass is 16.5. The van der Waals surface area contributed by atoms with Gasteiger partial charge in [-0.3, -0.25) is 0 Å². The lowest BCUT2D eigenvalue weighted by molar-refractivity contribution is -0.0813. The second-order valence-electron chi connectivity index (χ2n) is 2.97. The van der Waals surface area contributed by atoms with E-state index in [1.54, 1.807) is 0 Å². The van der Waals surface area contributed by atoms with Crippen molar-refractivity contribution in [2.45, 2.75) is 26.4 Å². The van der Waals surface area contributed by atoms with Crippen LogP contribution in [0.4, 0.5) is 0 Å². The molecule has 0 unspecified atom stereocenters. The fraction of sp³-hybridized carbons (Fsp3) is 1.00. The Morgan fingerprint density at radius 1 is 1.36 bits per heavy atom. The van der Waals surface area contributed by atoms with E-state index >= 15 is 0 Å². The molecular weight excluding hydrogens is 144 g/mol. The van der Waals surface area contributed by atoms with Crippen molar-refractivity contribution in [3.8, 4) is 0 Å². The number of hydrogen-bond donors (Lipinski definition) is 1. The molecule has 0 saturated carbocycles. The van der Waals surface area contributed by atoms with Crippen molar-refractivity contribution in [1.29, 1.82) is 0 Å². The molecule has 1 N–H and O–H groups in total. The third kappa shape index (κ3) is 6.28. The van der Waals surface area contributed by atoms with Crippen LogP contribution in [0.25, 0.3) is 0 Å². The average molecular weight is 162 g/mol. The summed E-state index contributed by atoms with van der Waals surface area (Å²) in [6.45, 7) is 7.55. The van der Waals surface area contributed by atoms with Gasteiger partial charge in [0.05, 0.1) is 25.4 Å². The fourth-order valence-corrected chi connectivity index (χ4v) is 0.711. The van der Waals surface area contributed by atoms with E-state index in [4.69, 9.17) is 14.6 Å². The topological polar surface area (TPSA) is 38.7 Å². The quantitative estimate of drug-likeness (QED) is 0.628. The molecule has 0 radical (unpaired) electrons. The summed E-state index contributed by atoms with van der Waals surface area (Å²) in [5, 5.41) is 8.49. The van der Waals surface area contributed by atoms with Gasteiger partial charge in [-0.1, -0.05) is 0 Å². The van der Waals surface area contributed by atoms with Crippen LogP contribution in [0, 0.1) is 0 Å². The van der Waals surface area contributed by atoms with E-state index in [0.29, 0.717) is 19.8 Å². The summed E-state index contributed by atoms with van der Waals surface area (Å²) in [6, 6.07) is 0. The molecule has 0 spiro atoms. The average Bonchev–Trinajstić information content (AvgIpc) is 1.97. The van der Waals surface area contributed by atoms with E-state index in [-0.39, 0.29) is 12.2 Å². The van der Waals surface area contributed by atoms with Gasteiger partial charge in [-0.15, -0.1) is 0 Å². The van der Waals surface area contributed by atoms with Gasteiger partial charge in [0.15, 0.2) is 0 Å². The zero-order valence-corrected chi connectivity index (χ0v) is 7.59. The fourth-order valence-electron chi connectivity index (χ4n) is 0.711. The SMILES string of the molecule is CCOCC(C)(C)OCCO. The molecule has 68 valence electrons. The Hall–Kier alpha value is -0.120. The molecule has 0 saturated heterocycles. The largest absolute Gasteiger partial charge is 0.394 e. The lowest BCUT2D eigenvalue weighted by atomic mass is 10.1. The molecule has 0 bridgehead atoms. The maximum Gasteiger partial charge on any atom is 0.0860 e. The molecule has 11 heavy (non-hydrogen) atoms. The minimum absolute atomic E-state index is 0.0650. The Kier molecular flexibility index (Phi) is 5.46. The van der Waals surface area contributed by atoms with Crippen molar-refractivity contribution in [3.05, 3.63) is 0 Å². The van der Waals surface area contributed by atoms with E-state index < -0.39 is 0 Å². The van der Waals surface area contributed by atoms with Crippen molar-refractivity contribution in [2.24, 2.45) is 0 Å². The van der Waals surface area contributed by atoms with Crippen LogP contribution in [0.2, 0.25) is 0 Å². The molecule has 0 aromatic heterocycles. The lowest BCUT2D eigenvalue weighted by Crippen LogP contribution is -2.31. The molecular formula is C8H18O3. The highest BCUT2D eigenvalue weighted by Crippen LogP contribution is 2.08. The Balaban J connectivity index is 3.43. The first-order valence-electron chi connectivity index (χ1n) is 3.95. The Morgan fingerprint density at radius 2 is 2.00 bits per heavy atom. The standard InChI is InChI=1S/C8H18O3/c1-4-10-7-8(2,3)11-6-5-9/h9H,4-7H2,1-3H3. The van der Waals surface area contributed by atoms with Gasteiger partial charge >= 0.3 is 0 Å². The summed E-state index contributed by atoms with van der Waals surface area (Å²) in [5.41, 5.74) is -0.279. The molecule has 0 fully saturated rings. The number of ether oxygens (including phenoxy) is 2. The zero-order chi connectivity index (χ0) is 8.74. The third-order valence-corrected chi connectivity index (χ3v) is 1.24. The van der Waals surface area contributed by atoms with Crippen LogP contribution in [0.5, 0.6) is 0 Å². The van der Waals surface area contributed by atoms with Gasteiger partial charge in [-0.2, -0.15) is 0 Å². The number of hydrogen-bond acceptors (Lipinski definition) is 3. The molecule has 0 aromatic carbocycles. The summed E-state index contributed by atoms with van der Waals surface area (Å²) in [4.78, 5) is 0. The highest BCUT2D eigenvalue weighted by molar-refractivity contribution is 4.66. The van der Waals surface area contributed by atoms with Crippen molar-refractivity contribution in [1.82, 2.24) is 0 Å². The normalized spacial score (nSPS) is 12.0. The maximum atomic E-state index is 8.49. The van der Waals surface area contributed by atoms with E-state index in [1.165, 1.54) is 0 Å². The molecule has 0 aromatic rings. The summed E-state index contributed by atoms with van der Waals surface area (Å²) < 4.78 is 10.5. The van der Waals surface area contributed by atoms with Crippen LogP contribution in [0.1, 0.15) is 20.8 Å². The summed E-state index contributed by atoms with van der Waals surface area (Å²) in [7, 11) is 0. The lowest BCUT2D eigenvalue weighted by Gasteiger charge is -2.24. The van der Waals surface area contributed by atoms with Crippen molar-refractivity contribution in [3.63, 3.8) is 0 Å². The highest BCUT2D eigenvalue weighted by Gasteiger charge is 2.17. The molecule has 0 aliphatic carbocycles. The summed E-state index contributed by atoms with van der Waals surface area (Å²) >= 11 is 0. The van der Waals surface area contributed by atoms with Crippen LogP contribution in [0.15, 0.2) is 0 Å². The predicted molar refractivity (Wildman–Crippen MR) is 43.6 cm³/mol. The van der Waals surface area contributed by atoms with Gasteiger partial charge in [0.1, 0.15) is 0 Å². The molecule has 3 nitrogen and oxygen atoms in total. The van der Waals surface area contributed by atoms with Crippen LogP contribution >= 0.6 is 0 Å². The molecule has 0 aliphatic rings. The smallest absolute Gasteiger partial charge is 0.0860 e. The molecule has 0 aliphatic heterocycles. The first-order valence-corrected chi connectivity index (χ1v) is 3.95. The number of rotatable bonds is 6. The van der Waals surface area contributed by atoms with Crippen LogP contribution in [-0.2, 0) is 9.47 Å². The van der Waals surface area contributed by atoms with Gasteiger partial charge in [0.25, 0.3) is 0 Å². The van der Waals surface area contributed by atoms with Gasteiger partial charge in [0.2, 0.25) is 0 Å². The number of aliphatic hydroxyl groups is 1. The third-order valence-electron chi connectivity index (χ3n) is 1.24. The summed E-state index contributed by atoms with van der Waals surface area (Å²) in [5.74, 6) is 0. The molecule has 0 heterocycles. The Labute approximate surface area is 68.3 Å². The molecule has 0 rings (SSSR count). The number of aliphatic hydroxyl groups excluding tert-OH is 1. The van der Waals surface area contributed by atoms with Crippen molar-refractivity contribution < 1.29 is 14.6 Å². The van der Waals surface area contributed by atoms with E-state index in [1.807, 2.05) is 20.8 Å². The van der Waals surface area contributed by atoms with Crippen LogP contribution < -0.4 is 0 Å². The Morgan fingerprint density at radius 3 is 2.45 bits per heavy atom. The second kappa shape index (κ2) is 5.52. The Bertz CT molecular complexity index is 81.3. The maximum absolute atomic E-state index is 8.49. The minimum Gasteiger partial charge on any atom is -0.394 e. The molecule has 0 atom stereocenters. The van der Waals surface area contributed by atoms with Gasteiger partial charge in [-0.25, -0.2) is 0 Å². The van der Waals surface area contributed by atoms with Crippen LogP contribution in [-0.4, -0.2) is 37.1 Å². The summed E-state index contributed by atoms with van der Waals surface area (Å²) in [6.07, 6.45) is 0.